The fourth-order valence-corrected chi connectivity index (χ4v) is 2.90. The van der Waals surface area contributed by atoms with Crippen LogP contribution in [-0.4, -0.2) is 41.2 Å². The van der Waals surface area contributed by atoms with Gasteiger partial charge in [-0.25, -0.2) is 0 Å². The van der Waals surface area contributed by atoms with Crippen molar-refractivity contribution in [3.8, 4) is 0 Å². The van der Waals surface area contributed by atoms with Gasteiger partial charge >= 0.3 is 0 Å². The Balaban J connectivity index is 2.23. The van der Waals surface area contributed by atoms with Gasteiger partial charge in [0.1, 0.15) is 0 Å². The van der Waals surface area contributed by atoms with Crippen LogP contribution in [0.1, 0.15) is 38.9 Å². The van der Waals surface area contributed by atoms with E-state index in [4.69, 9.17) is 10.5 Å². The second kappa shape index (κ2) is 6.46. The van der Waals surface area contributed by atoms with Crippen LogP contribution in [0.2, 0.25) is 0 Å². The van der Waals surface area contributed by atoms with Crippen LogP contribution in [-0.2, 0) is 4.74 Å². The number of rotatable bonds is 4. The Bertz CT molecular complexity index is 374. The Kier molecular flexibility index (Phi) is 4.91. The number of nitrogens with zero attached hydrogens (tertiary/aromatic N) is 2. The van der Waals surface area contributed by atoms with E-state index < -0.39 is 0 Å². The monoisotopic (exact) mass is 263 g/mol. The molecule has 0 bridgehead atoms. The lowest BCUT2D eigenvalue weighted by atomic mass is 9.99. The standard InChI is InChI=1S/C15H25N3O/c1-4-13(16)15(14-7-5-6-8-17-14)18-9-11(2)19-12(3)10-18/h5-8,11-13,15H,4,9-10,16H2,1-3H3. The second-order valence-electron chi connectivity index (χ2n) is 5.48. The first-order valence-corrected chi connectivity index (χ1v) is 7.17. The van der Waals surface area contributed by atoms with Crippen LogP contribution < -0.4 is 5.73 Å². The van der Waals surface area contributed by atoms with Crippen molar-refractivity contribution in [3.05, 3.63) is 30.1 Å². The Morgan fingerprint density at radius 3 is 2.58 bits per heavy atom. The zero-order chi connectivity index (χ0) is 13.8. The van der Waals surface area contributed by atoms with Crippen LogP contribution in [0.3, 0.4) is 0 Å². The van der Waals surface area contributed by atoms with Crippen molar-refractivity contribution in [2.24, 2.45) is 5.73 Å². The molecule has 2 heterocycles. The first-order chi connectivity index (χ1) is 9.11. The van der Waals surface area contributed by atoms with E-state index in [1.165, 1.54) is 0 Å². The van der Waals surface area contributed by atoms with E-state index in [2.05, 4.69) is 36.7 Å². The molecule has 0 aromatic carbocycles. The molecule has 1 fully saturated rings. The van der Waals surface area contributed by atoms with Crippen LogP contribution in [0.4, 0.5) is 0 Å². The van der Waals surface area contributed by atoms with Gasteiger partial charge in [0, 0.05) is 25.3 Å². The molecule has 4 unspecified atom stereocenters. The van der Waals surface area contributed by atoms with E-state index in [1.54, 1.807) is 0 Å². The lowest BCUT2D eigenvalue weighted by Crippen LogP contribution is -2.51. The summed E-state index contributed by atoms with van der Waals surface area (Å²) in [5, 5.41) is 0. The maximum absolute atomic E-state index is 6.35. The maximum atomic E-state index is 6.35. The molecule has 0 saturated carbocycles. The summed E-state index contributed by atoms with van der Waals surface area (Å²) in [4.78, 5) is 6.94. The van der Waals surface area contributed by atoms with Crippen LogP contribution in [0.15, 0.2) is 24.4 Å². The van der Waals surface area contributed by atoms with Gasteiger partial charge in [-0.2, -0.15) is 0 Å². The number of aromatic nitrogens is 1. The third kappa shape index (κ3) is 3.53. The predicted molar refractivity (Wildman–Crippen MR) is 76.8 cm³/mol. The van der Waals surface area contributed by atoms with Crippen molar-refractivity contribution in [3.63, 3.8) is 0 Å². The molecule has 1 aliphatic rings. The smallest absolute Gasteiger partial charge is 0.0678 e. The van der Waals surface area contributed by atoms with Crippen LogP contribution >= 0.6 is 0 Å². The van der Waals surface area contributed by atoms with Gasteiger partial charge in [0.15, 0.2) is 0 Å². The highest BCUT2D eigenvalue weighted by Crippen LogP contribution is 2.27. The molecule has 2 N–H and O–H groups in total. The number of nitrogens with two attached hydrogens (primary N) is 1. The molecule has 106 valence electrons. The molecule has 1 saturated heterocycles. The Morgan fingerprint density at radius 2 is 2.05 bits per heavy atom. The number of hydrogen-bond donors (Lipinski definition) is 1. The summed E-state index contributed by atoms with van der Waals surface area (Å²) in [5.41, 5.74) is 7.42. The predicted octanol–water partition coefficient (Wildman–Crippen LogP) is 1.97. The first kappa shape index (κ1) is 14.4. The minimum atomic E-state index is 0.104. The molecule has 1 aromatic heterocycles. The van der Waals surface area contributed by atoms with Crippen molar-refractivity contribution in [1.29, 1.82) is 0 Å². The van der Waals surface area contributed by atoms with Crippen molar-refractivity contribution in [2.75, 3.05) is 13.1 Å². The molecule has 4 nitrogen and oxygen atoms in total. The fraction of sp³-hybridized carbons (Fsp3) is 0.667. The summed E-state index contributed by atoms with van der Waals surface area (Å²) in [6, 6.07) is 6.34. The van der Waals surface area contributed by atoms with E-state index in [0.29, 0.717) is 0 Å². The summed E-state index contributed by atoms with van der Waals surface area (Å²) in [7, 11) is 0. The fourth-order valence-electron chi connectivity index (χ4n) is 2.90. The first-order valence-electron chi connectivity index (χ1n) is 7.17. The van der Waals surface area contributed by atoms with E-state index in [1.807, 2.05) is 18.3 Å². The largest absolute Gasteiger partial charge is 0.373 e. The van der Waals surface area contributed by atoms with Gasteiger partial charge in [-0.15, -0.1) is 0 Å². The van der Waals surface area contributed by atoms with Crippen molar-refractivity contribution in [1.82, 2.24) is 9.88 Å². The molecule has 4 heteroatoms. The summed E-state index contributed by atoms with van der Waals surface area (Å²) in [6.07, 6.45) is 3.29. The van der Waals surface area contributed by atoms with Crippen molar-refractivity contribution < 1.29 is 4.74 Å². The van der Waals surface area contributed by atoms with Crippen LogP contribution in [0.5, 0.6) is 0 Å². The highest BCUT2D eigenvalue weighted by molar-refractivity contribution is 5.12. The topological polar surface area (TPSA) is 51.4 Å². The Hall–Kier alpha value is -0.970. The minimum Gasteiger partial charge on any atom is -0.373 e. The summed E-state index contributed by atoms with van der Waals surface area (Å²) in [5.74, 6) is 0. The number of ether oxygens (including phenoxy) is 1. The van der Waals surface area contributed by atoms with Crippen LogP contribution in [0.25, 0.3) is 0 Å². The number of pyridine rings is 1. The molecule has 19 heavy (non-hydrogen) atoms. The van der Waals surface area contributed by atoms with Crippen molar-refractivity contribution in [2.45, 2.75) is 51.5 Å². The third-order valence-electron chi connectivity index (χ3n) is 3.71. The molecule has 0 radical (unpaired) electrons. The molecule has 4 atom stereocenters. The highest BCUT2D eigenvalue weighted by atomic mass is 16.5. The molecular formula is C15H25N3O. The average molecular weight is 263 g/mol. The van der Waals surface area contributed by atoms with Gasteiger partial charge in [0.2, 0.25) is 0 Å². The normalized spacial score (nSPS) is 28.0. The van der Waals surface area contributed by atoms with E-state index in [9.17, 15) is 0 Å². The Labute approximate surface area is 116 Å². The van der Waals surface area contributed by atoms with Gasteiger partial charge in [-0.05, 0) is 32.4 Å². The SMILES string of the molecule is CCC(N)C(c1ccccn1)N1CC(C)OC(C)C1. The third-order valence-corrected chi connectivity index (χ3v) is 3.71. The lowest BCUT2D eigenvalue weighted by molar-refractivity contribution is -0.0843. The quantitative estimate of drug-likeness (QED) is 0.902. The molecule has 1 aromatic rings. The van der Waals surface area contributed by atoms with E-state index in [0.717, 1.165) is 25.2 Å². The van der Waals surface area contributed by atoms with E-state index in [-0.39, 0.29) is 24.3 Å². The summed E-state index contributed by atoms with van der Waals surface area (Å²) < 4.78 is 5.81. The Morgan fingerprint density at radius 1 is 1.37 bits per heavy atom. The van der Waals surface area contributed by atoms with Crippen molar-refractivity contribution >= 4 is 0 Å². The van der Waals surface area contributed by atoms with Gasteiger partial charge < -0.3 is 10.5 Å². The highest BCUT2D eigenvalue weighted by Gasteiger charge is 2.32. The minimum absolute atomic E-state index is 0.104. The maximum Gasteiger partial charge on any atom is 0.0678 e. The van der Waals surface area contributed by atoms with Gasteiger partial charge in [0.25, 0.3) is 0 Å². The molecule has 0 amide bonds. The number of hydrogen-bond acceptors (Lipinski definition) is 4. The molecular weight excluding hydrogens is 238 g/mol. The molecule has 0 aliphatic carbocycles. The summed E-state index contributed by atoms with van der Waals surface area (Å²) >= 11 is 0. The molecule has 1 aliphatic heterocycles. The van der Waals surface area contributed by atoms with Gasteiger partial charge in [-0.3, -0.25) is 9.88 Å². The zero-order valence-corrected chi connectivity index (χ0v) is 12.1. The zero-order valence-electron chi connectivity index (χ0n) is 12.1. The lowest BCUT2D eigenvalue weighted by Gasteiger charge is -2.41. The second-order valence-corrected chi connectivity index (χ2v) is 5.48. The summed E-state index contributed by atoms with van der Waals surface area (Å²) in [6.45, 7) is 8.21. The molecule has 0 spiro atoms. The van der Waals surface area contributed by atoms with E-state index >= 15 is 0 Å². The van der Waals surface area contributed by atoms with Gasteiger partial charge in [-0.1, -0.05) is 13.0 Å². The molecule has 2 rings (SSSR count). The number of morpholine rings is 1. The van der Waals surface area contributed by atoms with Gasteiger partial charge in [0.05, 0.1) is 23.9 Å². The average Bonchev–Trinajstić information content (AvgIpc) is 2.39. The van der Waals surface area contributed by atoms with Crippen LogP contribution in [0, 0.1) is 0 Å².